The minimum Gasteiger partial charge on any atom is -0.506 e. The molecule has 2 heterocycles. The Labute approximate surface area is 270 Å². The summed E-state index contributed by atoms with van der Waals surface area (Å²) in [5.74, 6) is 3.74. The first-order valence-electron chi connectivity index (χ1n) is 13.7. The molecule has 4 amide bonds. The van der Waals surface area contributed by atoms with Crippen LogP contribution in [0.15, 0.2) is 78.8 Å². The Morgan fingerprint density at radius 2 is 1.86 bits per heavy atom. The summed E-state index contributed by atoms with van der Waals surface area (Å²) in [6.45, 7) is 2.67. The van der Waals surface area contributed by atoms with E-state index >= 15 is 0 Å². The number of phenols is 1. The number of phenolic OH excluding ortho intramolecular Hbond substituents is 1. The number of carbonyl (C=O) groups is 3. The van der Waals surface area contributed by atoms with Gasteiger partial charge in [-0.05, 0) is 91.9 Å². The highest BCUT2D eigenvalue weighted by molar-refractivity contribution is 9.11. The second-order valence-corrected chi connectivity index (χ2v) is 11.7. The summed E-state index contributed by atoms with van der Waals surface area (Å²) in [7, 11) is 0. The van der Waals surface area contributed by atoms with Gasteiger partial charge < -0.3 is 30.1 Å². The summed E-state index contributed by atoms with van der Waals surface area (Å²) in [4.78, 5) is 49.9. The zero-order chi connectivity index (χ0) is 31.6. The standard InChI is InChI=1S/C31H29Br2N5O6/c1-20(39)7-13-34-11-4-12-35-29(41)27(19-21-17-24(32)28(40)25(33)18-21)44-31(43)37-14-9-23(10-15-37)38-16-8-22-5-2-3-6-26(22)36-30(38)42/h2-3,5-6,11,17-18,23,27,39-40H,8-10,14-16,19H2,1H3,(H,36,42)/t27-/m1/s1. The number of urea groups is 1. The van der Waals surface area contributed by atoms with Crippen molar-refractivity contribution in [2.45, 2.75) is 44.8 Å². The maximum absolute atomic E-state index is 13.2. The van der Waals surface area contributed by atoms with Gasteiger partial charge in [0.1, 0.15) is 11.5 Å². The first-order valence-corrected chi connectivity index (χ1v) is 15.3. The van der Waals surface area contributed by atoms with Gasteiger partial charge in [-0.25, -0.2) is 9.59 Å². The van der Waals surface area contributed by atoms with E-state index in [0.717, 1.165) is 23.9 Å². The maximum atomic E-state index is 13.2. The second kappa shape index (κ2) is 15.4. The molecule has 0 unspecified atom stereocenters. The summed E-state index contributed by atoms with van der Waals surface area (Å²) in [6.07, 6.45) is 0.968. The lowest BCUT2D eigenvalue weighted by atomic mass is 10.0. The smallest absolute Gasteiger partial charge is 0.410 e. The Bertz CT molecular complexity index is 1620. The van der Waals surface area contributed by atoms with Crippen molar-refractivity contribution in [3.8, 4) is 5.75 Å². The van der Waals surface area contributed by atoms with Gasteiger partial charge in [-0.3, -0.25) is 4.79 Å². The summed E-state index contributed by atoms with van der Waals surface area (Å²) in [5.41, 5.74) is 7.27. The van der Waals surface area contributed by atoms with E-state index in [2.05, 4.69) is 70.4 Å². The van der Waals surface area contributed by atoms with Crippen LogP contribution in [0.5, 0.6) is 5.75 Å². The van der Waals surface area contributed by atoms with Crippen LogP contribution in [0.4, 0.5) is 15.3 Å². The number of para-hydroxylation sites is 1. The van der Waals surface area contributed by atoms with Gasteiger partial charge in [-0.15, -0.1) is 0 Å². The Morgan fingerprint density at radius 3 is 2.57 bits per heavy atom. The molecule has 3 N–H and O–H groups in total. The number of anilines is 1. The van der Waals surface area contributed by atoms with Crippen LogP contribution >= 0.6 is 31.9 Å². The van der Waals surface area contributed by atoms with Crippen molar-refractivity contribution in [2.75, 3.05) is 25.0 Å². The number of aliphatic hydroxyl groups excluding tert-OH is 1. The molecule has 1 atom stereocenters. The first-order chi connectivity index (χ1) is 21.1. The quantitative estimate of drug-likeness (QED) is 0.199. The number of hydrogen-bond acceptors (Lipinski definition) is 7. The fraction of sp³-hybridized carbons (Fsp3) is 0.323. The number of ether oxygens (including phenoxy) is 1. The van der Waals surface area contributed by atoms with Gasteiger partial charge in [-0.2, -0.15) is 9.98 Å². The number of likely N-dealkylation sites (tertiary alicyclic amines) is 1. The average Bonchev–Trinajstić information content (AvgIpc) is 3.16. The molecule has 11 nitrogen and oxygen atoms in total. The SMILES string of the molecule is CC(O)=C=C=NC=C=C=NC(=O)[C@@H](Cc1cc(Br)c(O)c(Br)c1)OC(=O)N1CCC(N2CCc3ccccc3NC2=O)CC1. The maximum Gasteiger partial charge on any atom is 0.410 e. The predicted octanol–water partition coefficient (Wildman–Crippen LogP) is 5.67. The van der Waals surface area contributed by atoms with Crippen molar-refractivity contribution in [3.63, 3.8) is 0 Å². The molecular weight excluding hydrogens is 698 g/mol. The number of nitrogens with one attached hydrogen (secondary N) is 1. The van der Waals surface area contributed by atoms with E-state index < -0.39 is 18.1 Å². The van der Waals surface area contributed by atoms with Gasteiger partial charge in [0.05, 0.1) is 15.1 Å². The highest BCUT2D eigenvalue weighted by Gasteiger charge is 2.33. The second-order valence-electron chi connectivity index (χ2n) is 10.0. The molecule has 0 bridgehead atoms. The molecule has 2 aliphatic rings. The minimum atomic E-state index is -1.30. The Balaban J connectivity index is 1.43. The monoisotopic (exact) mass is 725 g/mol. The number of hydrogen-bond donors (Lipinski definition) is 3. The molecule has 1 fully saturated rings. The summed E-state index contributed by atoms with van der Waals surface area (Å²) in [6, 6.07) is 10.8. The van der Waals surface area contributed by atoms with Gasteiger partial charge in [0.2, 0.25) is 0 Å². The first kappa shape index (κ1) is 32.6. The van der Waals surface area contributed by atoms with E-state index in [0.29, 0.717) is 47.0 Å². The van der Waals surface area contributed by atoms with Gasteiger partial charge in [0, 0.05) is 56.4 Å². The Morgan fingerprint density at radius 1 is 1.16 bits per heavy atom. The molecule has 2 aromatic carbocycles. The number of nitrogens with zero attached hydrogens (tertiary/aromatic N) is 4. The average molecular weight is 727 g/mol. The number of amides is 4. The third-order valence-corrected chi connectivity index (χ3v) is 8.19. The summed E-state index contributed by atoms with van der Waals surface area (Å²) >= 11 is 6.54. The lowest BCUT2D eigenvalue weighted by molar-refractivity contribution is -0.126. The van der Waals surface area contributed by atoms with Crippen molar-refractivity contribution in [1.29, 1.82) is 0 Å². The molecule has 44 heavy (non-hydrogen) atoms. The molecule has 13 heteroatoms. The van der Waals surface area contributed by atoms with Crippen LogP contribution < -0.4 is 5.32 Å². The molecular formula is C31H29Br2N5O6. The molecule has 0 aliphatic carbocycles. The van der Waals surface area contributed by atoms with Crippen molar-refractivity contribution >= 4 is 67.3 Å². The zero-order valence-corrected chi connectivity index (χ0v) is 26.9. The Hall–Kier alpha value is -4.33. The lowest BCUT2D eigenvalue weighted by Crippen LogP contribution is -2.50. The van der Waals surface area contributed by atoms with Crippen LogP contribution in [-0.4, -0.2) is 81.6 Å². The van der Waals surface area contributed by atoms with E-state index in [1.165, 1.54) is 11.8 Å². The third kappa shape index (κ3) is 8.85. The fourth-order valence-corrected chi connectivity index (χ4v) is 6.07. The van der Waals surface area contributed by atoms with Gasteiger partial charge in [0.15, 0.2) is 6.10 Å². The van der Waals surface area contributed by atoms with Crippen LogP contribution in [0.3, 0.4) is 0 Å². The highest BCUT2D eigenvalue weighted by Crippen LogP contribution is 2.34. The number of piperidine rings is 1. The molecule has 0 spiro atoms. The number of halogens is 2. The molecule has 228 valence electrons. The number of aliphatic hydroxyl groups is 1. The molecule has 1 saturated heterocycles. The van der Waals surface area contributed by atoms with E-state index in [1.807, 2.05) is 29.2 Å². The molecule has 0 radical (unpaired) electrons. The molecule has 0 saturated carbocycles. The van der Waals surface area contributed by atoms with Crippen LogP contribution in [0.1, 0.15) is 30.9 Å². The van der Waals surface area contributed by atoms with Gasteiger partial charge >= 0.3 is 12.1 Å². The lowest BCUT2D eigenvalue weighted by Gasteiger charge is -2.37. The van der Waals surface area contributed by atoms with Crippen molar-refractivity contribution in [3.05, 3.63) is 79.9 Å². The van der Waals surface area contributed by atoms with Gasteiger partial charge in [-0.1, -0.05) is 18.2 Å². The summed E-state index contributed by atoms with van der Waals surface area (Å²) < 4.78 is 6.45. The van der Waals surface area contributed by atoms with Crippen molar-refractivity contribution in [1.82, 2.24) is 9.80 Å². The number of rotatable bonds is 6. The van der Waals surface area contributed by atoms with Crippen molar-refractivity contribution < 1.29 is 29.3 Å². The largest absolute Gasteiger partial charge is 0.506 e. The molecule has 0 aromatic heterocycles. The van der Waals surface area contributed by atoms with Crippen LogP contribution in [-0.2, 0) is 22.4 Å². The van der Waals surface area contributed by atoms with E-state index in [9.17, 15) is 19.5 Å². The van der Waals surface area contributed by atoms with Crippen LogP contribution in [0, 0.1) is 0 Å². The highest BCUT2D eigenvalue weighted by atomic mass is 79.9. The Kier molecular flexibility index (Phi) is 11.4. The van der Waals surface area contributed by atoms with E-state index in [4.69, 9.17) is 9.84 Å². The van der Waals surface area contributed by atoms with Crippen molar-refractivity contribution in [2.24, 2.45) is 9.98 Å². The topological polar surface area (TPSA) is 144 Å². The number of fused-ring (bicyclic) bond motifs is 1. The van der Waals surface area contributed by atoms with E-state index in [-0.39, 0.29) is 30.0 Å². The normalized spacial score (nSPS) is 15.1. The summed E-state index contributed by atoms with van der Waals surface area (Å²) in [5, 5.41) is 22.1. The zero-order valence-electron chi connectivity index (χ0n) is 23.7. The number of carbonyl (C=O) groups excluding carboxylic acids is 3. The van der Waals surface area contributed by atoms with Crippen LogP contribution in [0.2, 0.25) is 0 Å². The molecule has 2 aliphatic heterocycles. The fourth-order valence-electron chi connectivity index (χ4n) is 4.79. The van der Waals surface area contributed by atoms with Gasteiger partial charge in [0.25, 0.3) is 5.91 Å². The predicted molar refractivity (Wildman–Crippen MR) is 171 cm³/mol. The molecule has 2 aromatic rings. The van der Waals surface area contributed by atoms with E-state index in [1.54, 1.807) is 12.1 Å². The van der Waals surface area contributed by atoms with Crippen LogP contribution in [0.25, 0.3) is 0 Å². The molecule has 4 rings (SSSR count). The number of aliphatic imine (C=N–C) groups is 2. The number of benzene rings is 2. The number of aromatic hydroxyl groups is 1. The minimum absolute atomic E-state index is 0.00889. The third-order valence-electron chi connectivity index (χ3n) is 6.98. The number of allylic oxidation sites excluding steroid dienone is 1.